The van der Waals surface area contributed by atoms with E-state index in [9.17, 15) is 24.9 Å². The average Bonchev–Trinajstić information content (AvgIpc) is 2.85. The third-order valence-electron chi connectivity index (χ3n) is 5.29. The van der Waals surface area contributed by atoms with Gasteiger partial charge < -0.3 is 29.9 Å². The summed E-state index contributed by atoms with van der Waals surface area (Å²) in [4.78, 5) is 23.8. The molecule has 0 radical (unpaired) electrons. The van der Waals surface area contributed by atoms with Crippen LogP contribution in [0.3, 0.4) is 0 Å². The van der Waals surface area contributed by atoms with Gasteiger partial charge in [-0.3, -0.25) is 4.79 Å². The molecule has 28 heavy (non-hydrogen) atoms. The van der Waals surface area contributed by atoms with E-state index in [2.05, 4.69) is 0 Å². The number of carbonyl (C=O) groups excluding carboxylic acids is 2. The molecule has 0 aromatic carbocycles. The van der Waals surface area contributed by atoms with Gasteiger partial charge in [-0.1, -0.05) is 19.9 Å². The van der Waals surface area contributed by atoms with Crippen LogP contribution in [0.1, 0.15) is 34.1 Å². The smallest absolute Gasteiger partial charge is 0.333 e. The number of hydrogen-bond donors (Lipinski definition) is 4. The van der Waals surface area contributed by atoms with Crippen molar-refractivity contribution in [1.29, 1.82) is 0 Å². The quantitative estimate of drug-likeness (QED) is 0.293. The minimum Gasteiger partial charge on any atom is -0.430 e. The van der Waals surface area contributed by atoms with Crippen molar-refractivity contribution in [1.82, 2.24) is 0 Å². The van der Waals surface area contributed by atoms with Crippen molar-refractivity contribution in [2.45, 2.75) is 64.3 Å². The second-order valence-electron chi connectivity index (χ2n) is 7.99. The van der Waals surface area contributed by atoms with E-state index in [1.54, 1.807) is 33.8 Å². The van der Waals surface area contributed by atoms with E-state index in [0.29, 0.717) is 11.1 Å². The zero-order chi connectivity index (χ0) is 21.3. The van der Waals surface area contributed by atoms with Gasteiger partial charge in [0, 0.05) is 17.9 Å². The van der Waals surface area contributed by atoms with Crippen molar-refractivity contribution in [2.75, 3.05) is 6.61 Å². The Kier molecular flexibility index (Phi) is 6.62. The minimum atomic E-state index is -1.46. The van der Waals surface area contributed by atoms with Crippen LogP contribution < -0.4 is 0 Å². The molecule has 2 aliphatic rings. The molecule has 8 heteroatoms. The molecule has 0 bridgehead atoms. The predicted octanol–water partition coefficient (Wildman–Crippen LogP) is 0.147. The number of hydrogen-bond acceptors (Lipinski definition) is 8. The standard InChI is InChI=1S/C20H28O8/c1-11(5-6-20(26)12(2)8-13(22)9-19(20,3)4)7-15(23)28-18-17(25)16(24)14(10-21)27-18/h5-8,14,16-18,21,24-26H,9-10H2,1-4H3/t14-,16-,17-,18?,20?/m1/s1. The Labute approximate surface area is 163 Å². The normalized spacial score (nSPS) is 35.9. The highest BCUT2D eigenvalue weighted by Crippen LogP contribution is 2.44. The molecular weight excluding hydrogens is 368 g/mol. The fourth-order valence-corrected chi connectivity index (χ4v) is 3.46. The van der Waals surface area contributed by atoms with Crippen LogP contribution in [-0.4, -0.2) is 69.0 Å². The van der Waals surface area contributed by atoms with E-state index in [1.807, 2.05) is 0 Å². The van der Waals surface area contributed by atoms with Crippen molar-refractivity contribution in [3.8, 4) is 0 Å². The van der Waals surface area contributed by atoms with Crippen molar-refractivity contribution < 1.29 is 39.5 Å². The van der Waals surface area contributed by atoms with E-state index in [1.165, 1.54) is 12.2 Å². The summed E-state index contributed by atoms with van der Waals surface area (Å²) in [5.74, 6) is -0.857. The highest BCUT2D eigenvalue weighted by molar-refractivity contribution is 5.92. The minimum absolute atomic E-state index is 0.0464. The van der Waals surface area contributed by atoms with Crippen LogP contribution in [0.25, 0.3) is 0 Å². The van der Waals surface area contributed by atoms with Gasteiger partial charge in [0.2, 0.25) is 6.29 Å². The summed E-state index contributed by atoms with van der Waals surface area (Å²) in [5, 5.41) is 39.6. The Morgan fingerprint density at radius 3 is 2.54 bits per heavy atom. The summed E-state index contributed by atoms with van der Waals surface area (Å²) in [7, 11) is 0. The van der Waals surface area contributed by atoms with Gasteiger partial charge in [0.1, 0.15) is 23.9 Å². The molecule has 5 atom stereocenters. The van der Waals surface area contributed by atoms with Gasteiger partial charge in [-0.2, -0.15) is 0 Å². The summed E-state index contributed by atoms with van der Waals surface area (Å²) >= 11 is 0. The van der Waals surface area contributed by atoms with E-state index in [0.717, 1.165) is 6.08 Å². The lowest BCUT2D eigenvalue weighted by Crippen LogP contribution is -2.48. The fraction of sp³-hybridized carbons (Fsp3) is 0.600. The lowest BCUT2D eigenvalue weighted by molar-refractivity contribution is -0.184. The summed E-state index contributed by atoms with van der Waals surface area (Å²) in [5.41, 5.74) is -1.07. The molecule has 1 heterocycles. The van der Waals surface area contributed by atoms with E-state index >= 15 is 0 Å². The average molecular weight is 396 g/mol. The molecular formula is C20H28O8. The summed E-state index contributed by atoms with van der Waals surface area (Å²) < 4.78 is 10.1. The van der Waals surface area contributed by atoms with Crippen molar-refractivity contribution in [3.05, 3.63) is 35.5 Å². The molecule has 4 N–H and O–H groups in total. The molecule has 0 saturated carbocycles. The number of carbonyl (C=O) groups is 2. The molecule has 1 aliphatic heterocycles. The van der Waals surface area contributed by atoms with Crippen LogP contribution in [-0.2, 0) is 19.1 Å². The third-order valence-corrected chi connectivity index (χ3v) is 5.29. The first-order valence-corrected chi connectivity index (χ1v) is 9.06. The molecule has 0 amide bonds. The Morgan fingerprint density at radius 1 is 1.36 bits per heavy atom. The summed E-state index contributed by atoms with van der Waals surface area (Å²) in [6, 6.07) is 0. The second-order valence-corrected chi connectivity index (χ2v) is 7.99. The number of esters is 1. The topological polar surface area (TPSA) is 134 Å². The highest BCUT2D eigenvalue weighted by Gasteiger charge is 2.47. The molecule has 0 aromatic heterocycles. The van der Waals surface area contributed by atoms with Crippen LogP contribution in [0.15, 0.2) is 35.5 Å². The Hall–Kier alpha value is -1.84. The van der Waals surface area contributed by atoms with Gasteiger partial charge in [-0.25, -0.2) is 4.79 Å². The number of ether oxygens (including phenoxy) is 2. The molecule has 156 valence electrons. The van der Waals surface area contributed by atoms with Gasteiger partial charge in [-0.05, 0) is 37.1 Å². The van der Waals surface area contributed by atoms with Crippen LogP contribution >= 0.6 is 0 Å². The lowest BCUT2D eigenvalue weighted by Gasteiger charge is -2.44. The fourth-order valence-electron chi connectivity index (χ4n) is 3.46. The third kappa shape index (κ3) is 4.42. The number of rotatable bonds is 5. The van der Waals surface area contributed by atoms with Crippen molar-refractivity contribution in [2.24, 2.45) is 5.41 Å². The van der Waals surface area contributed by atoms with Crippen molar-refractivity contribution in [3.63, 3.8) is 0 Å². The Morgan fingerprint density at radius 2 is 2.00 bits per heavy atom. The number of allylic oxidation sites excluding steroid dienone is 3. The zero-order valence-corrected chi connectivity index (χ0v) is 16.5. The van der Waals surface area contributed by atoms with Crippen LogP contribution in [0, 0.1) is 5.41 Å². The first-order valence-electron chi connectivity index (χ1n) is 9.06. The Balaban J connectivity index is 2.08. The van der Waals surface area contributed by atoms with Gasteiger partial charge in [0.05, 0.1) is 6.61 Å². The number of aliphatic hydroxyl groups excluding tert-OH is 3. The molecule has 1 saturated heterocycles. The largest absolute Gasteiger partial charge is 0.430 e. The molecule has 0 spiro atoms. The number of ketones is 1. The maximum atomic E-state index is 12.0. The van der Waals surface area contributed by atoms with E-state index < -0.39 is 48.2 Å². The van der Waals surface area contributed by atoms with Gasteiger partial charge >= 0.3 is 5.97 Å². The first kappa shape index (κ1) is 22.4. The zero-order valence-electron chi connectivity index (χ0n) is 16.5. The molecule has 0 aromatic rings. The molecule has 1 fully saturated rings. The predicted molar refractivity (Wildman–Crippen MR) is 98.9 cm³/mol. The highest BCUT2D eigenvalue weighted by atomic mass is 16.7. The second kappa shape index (κ2) is 8.26. The van der Waals surface area contributed by atoms with E-state index in [4.69, 9.17) is 14.6 Å². The summed E-state index contributed by atoms with van der Waals surface area (Å²) in [6.45, 7) is 6.37. The maximum Gasteiger partial charge on any atom is 0.333 e. The molecule has 8 nitrogen and oxygen atoms in total. The Bertz CT molecular complexity index is 720. The summed E-state index contributed by atoms with van der Waals surface area (Å²) in [6.07, 6.45) is 0.626. The molecule has 1 aliphatic carbocycles. The lowest BCUT2D eigenvalue weighted by atomic mass is 9.64. The van der Waals surface area contributed by atoms with Gasteiger partial charge in [0.15, 0.2) is 5.78 Å². The first-order chi connectivity index (χ1) is 12.9. The molecule has 2 rings (SSSR count). The maximum absolute atomic E-state index is 12.0. The van der Waals surface area contributed by atoms with Crippen LogP contribution in [0.4, 0.5) is 0 Å². The molecule has 2 unspecified atom stereocenters. The van der Waals surface area contributed by atoms with Crippen molar-refractivity contribution >= 4 is 11.8 Å². The number of aliphatic hydroxyl groups is 4. The van der Waals surface area contributed by atoms with Crippen LogP contribution in [0.2, 0.25) is 0 Å². The monoisotopic (exact) mass is 396 g/mol. The SMILES string of the molecule is CC(C=CC1(O)C(C)=CC(=O)CC1(C)C)=CC(=O)OC1O[C@H](CO)[C@@H](O)[C@H]1O. The van der Waals surface area contributed by atoms with Gasteiger partial charge in [-0.15, -0.1) is 0 Å². The van der Waals surface area contributed by atoms with Crippen LogP contribution in [0.5, 0.6) is 0 Å². The van der Waals surface area contributed by atoms with Gasteiger partial charge in [0.25, 0.3) is 0 Å². The van der Waals surface area contributed by atoms with E-state index in [-0.39, 0.29) is 12.2 Å².